The monoisotopic (exact) mass is 474 g/mol. The van der Waals surface area contributed by atoms with Crippen LogP contribution in [0.15, 0.2) is 48.5 Å². The molecule has 1 saturated carbocycles. The highest BCUT2D eigenvalue weighted by molar-refractivity contribution is 7.87. The van der Waals surface area contributed by atoms with Gasteiger partial charge in [0.1, 0.15) is 5.82 Å². The molecule has 2 N–H and O–H groups in total. The van der Waals surface area contributed by atoms with Crippen LogP contribution in [0, 0.1) is 11.2 Å². The molecule has 0 aromatic heterocycles. The van der Waals surface area contributed by atoms with E-state index in [2.05, 4.69) is 10.0 Å². The number of carbonyl (C=O) groups is 1. The molecule has 9 heteroatoms. The van der Waals surface area contributed by atoms with Gasteiger partial charge in [-0.3, -0.25) is 0 Å². The van der Waals surface area contributed by atoms with Crippen LogP contribution in [0.5, 0.6) is 0 Å². The summed E-state index contributed by atoms with van der Waals surface area (Å²) in [5, 5.41) is 2.83. The topological polar surface area (TPSA) is 81.8 Å². The highest BCUT2D eigenvalue weighted by Crippen LogP contribution is 2.55. The maximum absolute atomic E-state index is 15.6. The molecule has 1 saturated heterocycles. The van der Waals surface area contributed by atoms with Crippen LogP contribution in [-0.2, 0) is 16.6 Å². The minimum atomic E-state index is -3.73. The number of hydrogen-bond acceptors (Lipinski definition) is 3. The van der Waals surface area contributed by atoms with E-state index in [1.165, 1.54) is 14.1 Å². The standard InChI is InChI=1S/C24H31FN4O3S/c1-4-26-23(30)29-16-24(13-14-24)22(27-33(31,32)28(2)3)20(29)15-18-11-8-12-19(21(18)25)17-9-6-5-7-10-17/h5-12,20,22,27H,4,13-16H2,1-3H3,(H,26,30)/t20-,22+/m0/s1. The zero-order valence-corrected chi connectivity index (χ0v) is 20.0. The van der Waals surface area contributed by atoms with E-state index in [1.54, 1.807) is 23.1 Å². The van der Waals surface area contributed by atoms with Gasteiger partial charge in [-0.2, -0.15) is 17.4 Å². The smallest absolute Gasteiger partial charge is 0.317 e. The molecule has 2 atom stereocenters. The van der Waals surface area contributed by atoms with Crippen molar-refractivity contribution in [3.63, 3.8) is 0 Å². The lowest BCUT2D eigenvalue weighted by molar-refractivity contribution is 0.189. The van der Waals surface area contributed by atoms with Crippen molar-refractivity contribution in [2.75, 3.05) is 27.2 Å². The zero-order valence-electron chi connectivity index (χ0n) is 19.2. The maximum Gasteiger partial charge on any atom is 0.317 e. The van der Waals surface area contributed by atoms with Crippen molar-refractivity contribution in [1.29, 1.82) is 0 Å². The number of urea groups is 1. The number of hydrogen-bond donors (Lipinski definition) is 2. The Morgan fingerprint density at radius 2 is 1.85 bits per heavy atom. The van der Waals surface area contributed by atoms with Crippen molar-refractivity contribution in [3.05, 3.63) is 59.9 Å². The summed E-state index contributed by atoms with van der Waals surface area (Å²) in [5.41, 5.74) is 1.41. The Balaban J connectivity index is 1.71. The highest BCUT2D eigenvalue weighted by Gasteiger charge is 2.61. The highest BCUT2D eigenvalue weighted by atomic mass is 32.2. The molecule has 33 heavy (non-hydrogen) atoms. The molecular formula is C24H31FN4O3S. The van der Waals surface area contributed by atoms with Crippen LogP contribution in [0.3, 0.4) is 0 Å². The van der Waals surface area contributed by atoms with Crippen LogP contribution in [-0.4, -0.2) is 62.9 Å². The average molecular weight is 475 g/mol. The second-order valence-electron chi connectivity index (χ2n) is 9.12. The largest absolute Gasteiger partial charge is 0.338 e. The lowest BCUT2D eigenvalue weighted by Crippen LogP contribution is -2.53. The minimum absolute atomic E-state index is 0.214. The van der Waals surface area contributed by atoms with E-state index in [0.717, 1.165) is 22.7 Å². The van der Waals surface area contributed by atoms with Gasteiger partial charge in [0.2, 0.25) is 0 Å². The molecule has 2 aromatic carbocycles. The summed E-state index contributed by atoms with van der Waals surface area (Å²) in [6, 6.07) is 13.3. The zero-order chi connectivity index (χ0) is 23.8. The average Bonchev–Trinajstić information content (AvgIpc) is 3.51. The summed E-state index contributed by atoms with van der Waals surface area (Å²) in [6.45, 7) is 2.75. The van der Waals surface area contributed by atoms with Crippen molar-refractivity contribution in [2.24, 2.45) is 5.41 Å². The Hall–Kier alpha value is -2.49. The first-order valence-electron chi connectivity index (χ1n) is 11.3. The predicted octanol–water partition coefficient (Wildman–Crippen LogP) is 2.99. The molecule has 2 amide bonds. The Bertz CT molecular complexity index is 1120. The van der Waals surface area contributed by atoms with Crippen molar-refractivity contribution >= 4 is 16.2 Å². The fourth-order valence-corrected chi connectivity index (χ4v) is 5.69. The fourth-order valence-electron chi connectivity index (χ4n) is 4.75. The first-order valence-corrected chi connectivity index (χ1v) is 12.7. The second kappa shape index (κ2) is 9.04. The van der Waals surface area contributed by atoms with E-state index >= 15 is 4.39 Å². The summed E-state index contributed by atoms with van der Waals surface area (Å²) in [4.78, 5) is 14.6. The number of amides is 2. The van der Waals surface area contributed by atoms with Crippen LogP contribution in [0.1, 0.15) is 25.3 Å². The van der Waals surface area contributed by atoms with E-state index in [9.17, 15) is 13.2 Å². The maximum atomic E-state index is 15.6. The van der Waals surface area contributed by atoms with E-state index in [1.807, 2.05) is 37.3 Å². The number of halogens is 1. The molecule has 2 aliphatic rings. The van der Waals surface area contributed by atoms with Crippen LogP contribution in [0.2, 0.25) is 0 Å². The van der Waals surface area contributed by atoms with Crippen LogP contribution in [0.4, 0.5) is 9.18 Å². The van der Waals surface area contributed by atoms with Crippen LogP contribution >= 0.6 is 0 Å². The number of benzene rings is 2. The molecule has 1 spiro atoms. The molecule has 7 nitrogen and oxygen atoms in total. The lowest BCUT2D eigenvalue weighted by Gasteiger charge is -2.30. The predicted molar refractivity (Wildman–Crippen MR) is 126 cm³/mol. The van der Waals surface area contributed by atoms with Gasteiger partial charge >= 0.3 is 6.03 Å². The normalized spacial score (nSPS) is 21.5. The molecule has 178 valence electrons. The third kappa shape index (κ3) is 4.62. The summed E-state index contributed by atoms with van der Waals surface area (Å²) in [7, 11) is -0.792. The minimum Gasteiger partial charge on any atom is -0.338 e. The molecule has 1 heterocycles. The van der Waals surface area contributed by atoms with E-state index in [4.69, 9.17) is 0 Å². The Morgan fingerprint density at radius 1 is 1.15 bits per heavy atom. The third-order valence-electron chi connectivity index (χ3n) is 6.76. The molecular weight excluding hydrogens is 443 g/mol. The molecule has 0 radical (unpaired) electrons. The molecule has 0 unspecified atom stereocenters. The van der Waals surface area contributed by atoms with Gasteiger partial charge in [0.05, 0.1) is 12.1 Å². The molecule has 1 aliphatic heterocycles. The summed E-state index contributed by atoms with van der Waals surface area (Å²) < 4.78 is 45.0. The number of nitrogens with zero attached hydrogens (tertiary/aromatic N) is 2. The fraction of sp³-hybridized carbons (Fsp3) is 0.458. The number of nitrogens with one attached hydrogen (secondary N) is 2. The van der Waals surface area contributed by atoms with Gasteiger partial charge in [0.25, 0.3) is 10.2 Å². The molecule has 2 aromatic rings. The van der Waals surface area contributed by atoms with E-state index in [-0.39, 0.29) is 23.7 Å². The first kappa shape index (κ1) is 23.7. The van der Waals surface area contributed by atoms with Gasteiger partial charge in [0, 0.05) is 38.2 Å². The van der Waals surface area contributed by atoms with Gasteiger partial charge in [0.15, 0.2) is 0 Å². The number of likely N-dealkylation sites (tertiary alicyclic amines) is 1. The Kier molecular flexibility index (Phi) is 6.48. The van der Waals surface area contributed by atoms with E-state index < -0.39 is 22.3 Å². The summed E-state index contributed by atoms with van der Waals surface area (Å²) >= 11 is 0. The van der Waals surface area contributed by atoms with Crippen LogP contribution in [0.25, 0.3) is 11.1 Å². The van der Waals surface area contributed by atoms with Gasteiger partial charge in [-0.05, 0) is 37.3 Å². The summed E-state index contributed by atoms with van der Waals surface area (Å²) in [6.07, 6.45) is 1.87. The SMILES string of the molecule is CCNC(=O)N1CC2(CC2)[C@H](NS(=O)(=O)N(C)C)[C@@H]1Cc1cccc(-c2ccccc2)c1F. The quantitative estimate of drug-likeness (QED) is 0.647. The van der Waals surface area contributed by atoms with Crippen molar-refractivity contribution in [2.45, 2.75) is 38.3 Å². The number of rotatable bonds is 7. The van der Waals surface area contributed by atoms with Crippen molar-refractivity contribution in [3.8, 4) is 11.1 Å². The molecule has 2 fully saturated rings. The van der Waals surface area contributed by atoms with Crippen LogP contribution < -0.4 is 10.0 Å². The molecule has 4 rings (SSSR count). The Labute approximate surface area is 195 Å². The number of carbonyl (C=O) groups excluding carboxylic acids is 1. The van der Waals surface area contributed by atoms with Crippen molar-refractivity contribution < 1.29 is 17.6 Å². The third-order valence-corrected chi connectivity index (χ3v) is 8.27. The first-order chi connectivity index (χ1) is 15.7. The molecule has 0 bridgehead atoms. The van der Waals surface area contributed by atoms with Gasteiger partial charge in [-0.15, -0.1) is 0 Å². The second-order valence-corrected chi connectivity index (χ2v) is 11.0. The lowest BCUT2D eigenvalue weighted by atomic mass is 9.91. The van der Waals surface area contributed by atoms with Gasteiger partial charge in [-0.25, -0.2) is 9.18 Å². The van der Waals surface area contributed by atoms with E-state index in [0.29, 0.717) is 24.2 Å². The Morgan fingerprint density at radius 3 is 2.45 bits per heavy atom. The van der Waals surface area contributed by atoms with Crippen molar-refractivity contribution in [1.82, 2.24) is 19.2 Å². The molecule has 1 aliphatic carbocycles. The van der Waals surface area contributed by atoms with Gasteiger partial charge < -0.3 is 10.2 Å². The van der Waals surface area contributed by atoms with Gasteiger partial charge in [-0.1, -0.05) is 48.5 Å². The summed E-state index contributed by atoms with van der Waals surface area (Å²) in [5.74, 6) is -0.342.